The van der Waals surface area contributed by atoms with Gasteiger partial charge in [0, 0.05) is 0 Å². The van der Waals surface area contributed by atoms with Crippen molar-refractivity contribution in [1.29, 1.82) is 0 Å². The fourth-order valence-corrected chi connectivity index (χ4v) is 4.55. The van der Waals surface area contributed by atoms with E-state index < -0.39 is 41.7 Å². The lowest BCUT2D eigenvalue weighted by Gasteiger charge is -2.29. The summed E-state index contributed by atoms with van der Waals surface area (Å²) >= 11 is 0. The highest BCUT2D eigenvalue weighted by Gasteiger charge is 2.60. The van der Waals surface area contributed by atoms with Crippen LogP contribution in [0, 0.1) is 18.7 Å². The molecule has 0 unspecified atom stereocenters. The van der Waals surface area contributed by atoms with Crippen LogP contribution < -0.4 is 9.96 Å². The molecule has 2 heterocycles. The van der Waals surface area contributed by atoms with Gasteiger partial charge in [-0.05, 0) is 60.5 Å². The number of benzene rings is 3. The Morgan fingerprint density at radius 1 is 0.941 bits per heavy atom. The number of amides is 2. The molecule has 2 aliphatic rings. The highest BCUT2D eigenvalue weighted by Crippen LogP contribution is 2.48. The molecule has 34 heavy (non-hydrogen) atoms. The molecule has 7 nitrogen and oxygen atoms in total. The van der Waals surface area contributed by atoms with Crippen LogP contribution in [0.3, 0.4) is 0 Å². The number of hydrogen-bond acceptors (Lipinski definition) is 6. The van der Waals surface area contributed by atoms with E-state index in [0.29, 0.717) is 16.8 Å². The summed E-state index contributed by atoms with van der Waals surface area (Å²) in [5.41, 5.74) is 2.92. The third-order valence-electron chi connectivity index (χ3n) is 6.23. The molecular weight excluding hydrogens is 439 g/mol. The second-order valence-electron chi connectivity index (χ2n) is 8.21. The summed E-state index contributed by atoms with van der Waals surface area (Å²) in [5, 5.41) is 1.59. The number of imide groups is 1. The van der Waals surface area contributed by atoms with Crippen LogP contribution in [-0.4, -0.2) is 31.0 Å². The van der Waals surface area contributed by atoms with E-state index >= 15 is 0 Å². The molecule has 0 saturated carbocycles. The first-order chi connectivity index (χ1) is 16.4. The zero-order chi connectivity index (χ0) is 24.0. The first kappa shape index (κ1) is 21.8. The van der Waals surface area contributed by atoms with Crippen molar-refractivity contribution in [3.8, 4) is 0 Å². The van der Waals surface area contributed by atoms with Crippen LogP contribution in [0.1, 0.15) is 27.5 Å². The summed E-state index contributed by atoms with van der Waals surface area (Å²) in [4.78, 5) is 45.9. The SMILES string of the molecule is COC(=O)c1ccc(N2C(=O)[C@H]3[C@@H](c4ccc(F)cc4)N(c4ccccc4C)O[C@H]3C2=O)cc1. The van der Waals surface area contributed by atoms with E-state index in [2.05, 4.69) is 0 Å². The summed E-state index contributed by atoms with van der Waals surface area (Å²) < 4.78 is 18.4. The fourth-order valence-electron chi connectivity index (χ4n) is 4.55. The minimum Gasteiger partial charge on any atom is -0.465 e. The van der Waals surface area contributed by atoms with Gasteiger partial charge in [-0.3, -0.25) is 14.4 Å². The first-order valence-electron chi connectivity index (χ1n) is 10.7. The van der Waals surface area contributed by atoms with Crippen LogP contribution in [0.5, 0.6) is 0 Å². The van der Waals surface area contributed by atoms with Crippen molar-refractivity contribution < 1.29 is 28.3 Å². The number of aryl methyl sites for hydroxylation is 1. The molecular formula is C26H21FN2O5. The summed E-state index contributed by atoms with van der Waals surface area (Å²) in [6.45, 7) is 1.91. The molecule has 0 spiro atoms. The van der Waals surface area contributed by atoms with E-state index in [0.717, 1.165) is 16.2 Å². The lowest BCUT2D eigenvalue weighted by Crippen LogP contribution is -2.37. The maximum atomic E-state index is 13.7. The molecule has 3 aromatic rings. The highest BCUT2D eigenvalue weighted by atomic mass is 19.1. The number of carbonyl (C=O) groups is 3. The number of fused-ring (bicyclic) bond motifs is 1. The molecule has 3 aromatic carbocycles. The summed E-state index contributed by atoms with van der Waals surface area (Å²) in [7, 11) is 1.28. The normalized spacial score (nSPS) is 21.7. The van der Waals surface area contributed by atoms with E-state index in [1.165, 1.54) is 43.5 Å². The zero-order valence-electron chi connectivity index (χ0n) is 18.5. The molecule has 2 aliphatic heterocycles. The quantitative estimate of drug-likeness (QED) is 0.433. The van der Waals surface area contributed by atoms with E-state index in [4.69, 9.17) is 9.57 Å². The smallest absolute Gasteiger partial charge is 0.337 e. The number of hydrogen-bond donors (Lipinski definition) is 0. The van der Waals surface area contributed by atoms with Gasteiger partial charge in [-0.15, -0.1) is 0 Å². The van der Waals surface area contributed by atoms with E-state index in [1.807, 2.05) is 31.2 Å². The largest absolute Gasteiger partial charge is 0.465 e. The summed E-state index contributed by atoms with van der Waals surface area (Å²) in [6, 6.07) is 18.7. The molecule has 3 atom stereocenters. The van der Waals surface area contributed by atoms with Crippen LogP contribution in [-0.2, 0) is 19.2 Å². The van der Waals surface area contributed by atoms with Gasteiger partial charge in [-0.25, -0.2) is 19.1 Å². The minimum absolute atomic E-state index is 0.303. The van der Waals surface area contributed by atoms with Gasteiger partial charge in [-0.2, -0.15) is 0 Å². The summed E-state index contributed by atoms with van der Waals surface area (Å²) in [6.07, 6.45) is -1.04. The number of hydroxylamine groups is 1. The van der Waals surface area contributed by atoms with E-state index in [-0.39, 0.29) is 0 Å². The topological polar surface area (TPSA) is 76.2 Å². The van der Waals surface area contributed by atoms with Crippen molar-refractivity contribution >= 4 is 29.2 Å². The van der Waals surface area contributed by atoms with Crippen LogP contribution >= 0.6 is 0 Å². The molecule has 2 fully saturated rings. The lowest BCUT2D eigenvalue weighted by molar-refractivity contribution is -0.126. The molecule has 172 valence electrons. The van der Waals surface area contributed by atoms with Crippen LogP contribution in [0.15, 0.2) is 72.8 Å². The standard InChI is InChI=1S/C26H21FN2O5/c1-15-5-3-4-6-20(15)29-22(16-7-11-18(27)12-8-16)21-23(34-29)25(31)28(24(21)30)19-13-9-17(10-14-19)26(32)33-2/h3-14,21-23H,1-2H3/t21-,22+,23+/m0/s1. The van der Waals surface area contributed by atoms with Crippen molar-refractivity contribution in [2.75, 3.05) is 17.1 Å². The second kappa shape index (κ2) is 8.39. The van der Waals surface area contributed by atoms with E-state index in [9.17, 15) is 18.8 Å². The molecule has 2 saturated heterocycles. The van der Waals surface area contributed by atoms with Gasteiger partial charge in [0.25, 0.3) is 5.91 Å². The van der Waals surface area contributed by atoms with Gasteiger partial charge in [0.2, 0.25) is 5.91 Å². The minimum atomic E-state index is -1.04. The number of methoxy groups -OCH3 is 1. The van der Waals surface area contributed by atoms with Gasteiger partial charge in [0.15, 0.2) is 6.10 Å². The number of anilines is 2. The number of nitrogens with zero attached hydrogens (tertiary/aromatic N) is 2. The number of para-hydroxylation sites is 1. The maximum Gasteiger partial charge on any atom is 0.337 e. The van der Waals surface area contributed by atoms with Gasteiger partial charge in [0.05, 0.1) is 30.1 Å². The number of rotatable bonds is 4. The summed E-state index contributed by atoms with van der Waals surface area (Å²) in [5.74, 6) is -2.67. The molecule has 0 radical (unpaired) electrons. The molecule has 8 heteroatoms. The molecule has 0 bridgehead atoms. The Morgan fingerprint density at radius 2 is 1.62 bits per heavy atom. The Hall–Kier alpha value is -4.04. The van der Waals surface area contributed by atoms with Crippen LogP contribution in [0.25, 0.3) is 0 Å². The van der Waals surface area contributed by atoms with Crippen LogP contribution in [0.2, 0.25) is 0 Å². The van der Waals surface area contributed by atoms with Gasteiger partial charge < -0.3 is 4.74 Å². The maximum absolute atomic E-state index is 13.7. The molecule has 0 N–H and O–H groups in total. The average Bonchev–Trinajstić information content (AvgIpc) is 3.35. The molecule has 5 rings (SSSR count). The third-order valence-corrected chi connectivity index (χ3v) is 6.23. The number of esters is 1. The number of ether oxygens (including phenoxy) is 1. The van der Waals surface area contributed by atoms with Gasteiger partial charge >= 0.3 is 5.97 Å². The second-order valence-corrected chi connectivity index (χ2v) is 8.21. The zero-order valence-corrected chi connectivity index (χ0v) is 18.5. The molecule has 0 aliphatic carbocycles. The predicted octanol–water partition coefficient (Wildman–Crippen LogP) is 3.97. The number of halogens is 1. The van der Waals surface area contributed by atoms with Gasteiger partial charge in [-0.1, -0.05) is 30.3 Å². The monoisotopic (exact) mass is 460 g/mol. The Morgan fingerprint density at radius 3 is 2.26 bits per heavy atom. The van der Waals surface area contributed by atoms with Crippen molar-refractivity contribution in [2.45, 2.75) is 19.1 Å². The van der Waals surface area contributed by atoms with Crippen molar-refractivity contribution in [3.63, 3.8) is 0 Å². The predicted molar refractivity (Wildman–Crippen MR) is 121 cm³/mol. The Kier molecular flexibility index (Phi) is 5.37. The third kappa shape index (κ3) is 3.43. The molecule has 2 amide bonds. The van der Waals surface area contributed by atoms with Crippen molar-refractivity contribution in [1.82, 2.24) is 0 Å². The highest BCUT2D eigenvalue weighted by molar-refractivity contribution is 6.24. The average molecular weight is 460 g/mol. The Labute approximate surface area is 195 Å². The first-order valence-corrected chi connectivity index (χ1v) is 10.7. The van der Waals surface area contributed by atoms with Crippen LogP contribution in [0.4, 0.5) is 15.8 Å². The van der Waals surface area contributed by atoms with Crippen molar-refractivity contribution in [2.24, 2.45) is 5.92 Å². The lowest BCUT2D eigenvalue weighted by atomic mass is 9.90. The fraction of sp³-hybridized carbons (Fsp3) is 0.192. The number of carbonyl (C=O) groups excluding carboxylic acids is 3. The molecule has 0 aromatic heterocycles. The Balaban J connectivity index is 1.54. The van der Waals surface area contributed by atoms with E-state index in [1.54, 1.807) is 17.2 Å². The van der Waals surface area contributed by atoms with Crippen molar-refractivity contribution in [3.05, 3.63) is 95.3 Å². The Bertz CT molecular complexity index is 1280. The van der Waals surface area contributed by atoms with Gasteiger partial charge in [0.1, 0.15) is 11.7 Å².